The van der Waals surface area contributed by atoms with Gasteiger partial charge in [-0.05, 0) is 39.0 Å². The molecular formula is C18H25ClEs2N6O2. The summed E-state index contributed by atoms with van der Waals surface area (Å²) in [7, 11) is 0. The molecule has 0 aromatic carbocycles. The van der Waals surface area contributed by atoms with Crippen molar-refractivity contribution in [3.05, 3.63) is 16.9 Å². The fourth-order valence-corrected chi connectivity index (χ4v) is 3.80. The molecule has 2 aromatic heterocycles. The molecule has 2 N–H and O–H groups in total. The summed E-state index contributed by atoms with van der Waals surface area (Å²) >= 11 is 6.18. The summed E-state index contributed by atoms with van der Waals surface area (Å²) in [5.74, 6) is 2.22. The van der Waals surface area contributed by atoms with E-state index in [-0.39, 0.29) is 6.04 Å². The second kappa shape index (κ2) is 8.75. The number of fused-ring (bicyclic) bond motifs is 3. The van der Waals surface area contributed by atoms with Gasteiger partial charge in [0.05, 0.1) is 24.5 Å². The van der Waals surface area contributed by atoms with E-state index in [0.29, 0.717) is 41.7 Å². The van der Waals surface area contributed by atoms with Gasteiger partial charge in [-0.15, -0.1) is 5.10 Å². The van der Waals surface area contributed by atoms with E-state index in [1.54, 1.807) is 6.20 Å². The first-order valence-corrected chi connectivity index (χ1v) is 9.84. The number of rotatable bonds is 2. The van der Waals surface area contributed by atoms with Gasteiger partial charge >= 0.3 is 0 Å². The van der Waals surface area contributed by atoms with Crippen LogP contribution in [0.4, 0.5) is 17.5 Å². The normalized spacial score (nSPS) is 17.8. The van der Waals surface area contributed by atoms with E-state index in [2.05, 4.69) is 32.2 Å². The number of hydrogen-bond donors (Lipinski definition) is 2. The molecule has 1 atom stereocenters. The molecule has 11 heteroatoms. The zero-order chi connectivity index (χ0) is 18.8. The molecule has 29 heavy (non-hydrogen) atoms. The van der Waals surface area contributed by atoms with Crippen LogP contribution in [0.15, 0.2) is 6.20 Å². The predicted molar refractivity (Wildman–Crippen MR) is 104 cm³/mol. The molecule has 2 aliphatic rings. The Balaban J connectivity index is 0.00000150. The Hall–Kier alpha value is -4.06. The standard InChI is InChI=1S/C18H25ClN6O2.2Es/c1-11(13-4-8-26-9-5-13)25-12(2)15-17(24-25)27-7-3-6-20-16-14(19)10-21-18(22-15)23-16;;/h10-11,13H,3-9H2,1-2H3,(H2,20,21,22,23);;. The number of anilines is 3. The molecule has 2 aliphatic heterocycles. The molecule has 2 bridgehead atoms. The first-order chi connectivity index (χ1) is 13.1. The van der Waals surface area contributed by atoms with Crippen molar-refractivity contribution in [2.45, 2.75) is 39.2 Å². The van der Waals surface area contributed by atoms with Gasteiger partial charge in [0.15, 0.2) is 5.82 Å². The largest absolute Gasteiger partial charge is 0.475 e. The van der Waals surface area contributed by atoms with Gasteiger partial charge in [0.2, 0.25) is 5.95 Å². The first kappa shape index (κ1) is 21.2. The van der Waals surface area contributed by atoms with Crippen LogP contribution >= 0.6 is 11.6 Å². The molecule has 0 spiro atoms. The molecule has 8 nitrogen and oxygen atoms in total. The minimum absolute atomic E-state index is 0. The fraction of sp³-hybridized carbons (Fsp3) is 0.611. The maximum Gasteiger partial charge on any atom is 0.257 e. The number of ether oxygens (including phenoxy) is 2. The molecule has 1 unspecified atom stereocenters. The van der Waals surface area contributed by atoms with E-state index in [1.807, 2.05) is 6.92 Å². The summed E-state index contributed by atoms with van der Waals surface area (Å²) in [5.41, 5.74) is 1.82. The van der Waals surface area contributed by atoms with Crippen LogP contribution in [-0.4, -0.2) is 46.1 Å². The van der Waals surface area contributed by atoms with E-state index < -0.39 is 0 Å². The third-order valence-electron chi connectivity index (χ3n) is 5.29. The van der Waals surface area contributed by atoms with Crippen LogP contribution in [0.5, 0.6) is 5.88 Å². The molecule has 2 aromatic rings. The van der Waals surface area contributed by atoms with Gasteiger partial charge in [-0.25, -0.2) is 4.98 Å². The SMILES string of the molecule is Cc1c2c(nn1C(C)C1CCOCC1)OCCCNc1nc(ncc1Cl)N2.[Es].[Es]. The van der Waals surface area contributed by atoms with Gasteiger partial charge in [0, 0.05) is 19.8 Å². The average molecular weight is 897 g/mol. The molecule has 0 saturated carbocycles. The minimum Gasteiger partial charge on any atom is -0.475 e. The van der Waals surface area contributed by atoms with Crippen molar-refractivity contribution in [2.75, 3.05) is 37.0 Å². The molecule has 0 amide bonds. The summed E-state index contributed by atoms with van der Waals surface area (Å²) in [6.07, 6.45) is 4.52. The number of nitrogens with one attached hydrogen (secondary N) is 2. The van der Waals surface area contributed by atoms with Crippen molar-refractivity contribution >= 4 is 29.1 Å². The Bertz CT molecular complexity index is 816. The molecule has 168 valence electrons. The summed E-state index contributed by atoms with van der Waals surface area (Å²) in [6, 6.07) is 0.267. The van der Waals surface area contributed by atoms with Crippen LogP contribution in [0.1, 0.15) is 37.9 Å². The molecule has 4 heterocycles. The fourth-order valence-electron chi connectivity index (χ4n) is 3.64. The Labute approximate surface area is 163 Å². The Morgan fingerprint density at radius 2 is 2.00 bits per heavy atom. The number of halogens is 1. The van der Waals surface area contributed by atoms with Crippen LogP contribution in [0.3, 0.4) is 0 Å². The van der Waals surface area contributed by atoms with Gasteiger partial charge in [0.25, 0.3) is 5.88 Å². The zero-order valence-electron chi connectivity index (χ0n) is 16.3. The Morgan fingerprint density at radius 3 is 2.76 bits per heavy atom. The number of hydrogen-bond acceptors (Lipinski definition) is 7. The van der Waals surface area contributed by atoms with Gasteiger partial charge < -0.3 is 20.1 Å². The van der Waals surface area contributed by atoms with Crippen molar-refractivity contribution in [2.24, 2.45) is 5.92 Å². The van der Waals surface area contributed by atoms with Crippen molar-refractivity contribution in [1.82, 2.24) is 19.7 Å². The Kier molecular flexibility index (Phi) is 6.41. The molecule has 1 fully saturated rings. The van der Waals surface area contributed by atoms with Gasteiger partial charge in [0.1, 0.15) is 10.7 Å². The molecule has 4 rings (SSSR count). The van der Waals surface area contributed by atoms with E-state index in [4.69, 9.17) is 26.2 Å². The Morgan fingerprint density at radius 1 is 1.24 bits per heavy atom. The third-order valence-corrected chi connectivity index (χ3v) is 5.56. The summed E-state index contributed by atoms with van der Waals surface area (Å²) < 4.78 is 13.5. The topological polar surface area (TPSA) is 86.1 Å². The molecule has 0 aliphatic carbocycles. The van der Waals surface area contributed by atoms with Gasteiger partial charge in [-0.3, -0.25) is 4.68 Å². The van der Waals surface area contributed by atoms with Crippen molar-refractivity contribution in [3.8, 4) is 5.88 Å². The minimum atomic E-state index is 0. The van der Waals surface area contributed by atoms with Crippen LogP contribution in [-0.2, 0) is 4.74 Å². The smallest absolute Gasteiger partial charge is 0.257 e. The second-order valence-electron chi connectivity index (χ2n) is 7.04. The summed E-state index contributed by atoms with van der Waals surface area (Å²) in [5, 5.41) is 11.8. The first-order valence-electron chi connectivity index (χ1n) is 9.46. The number of nitrogens with zero attached hydrogens (tertiary/aromatic N) is 4. The monoisotopic (exact) mass is 896 g/mol. The van der Waals surface area contributed by atoms with Crippen LogP contribution in [0.25, 0.3) is 0 Å². The van der Waals surface area contributed by atoms with E-state index in [0.717, 1.165) is 43.9 Å². The maximum absolute atomic E-state index is 6.18. The zero-order valence-corrected chi connectivity index (χ0v) is 22.0. The van der Waals surface area contributed by atoms with Crippen molar-refractivity contribution < 1.29 is 9.47 Å². The van der Waals surface area contributed by atoms with E-state index >= 15 is 0 Å². The predicted octanol–water partition coefficient (Wildman–Crippen LogP) is 3.56. The maximum atomic E-state index is 6.18. The third kappa shape index (κ3) is 4.11. The molecular weight excluding hydrogens is 872 g/mol. The van der Waals surface area contributed by atoms with E-state index in [9.17, 15) is 0 Å². The quantitative estimate of drug-likeness (QED) is 0.478. The van der Waals surface area contributed by atoms with Crippen LogP contribution in [0.2, 0.25) is 5.02 Å². The molecule has 1 saturated heterocycles. The van der Waals surface area contributed by atoms with Crippen molar-refractivity contribution in [1.29, 1.82) is 0 Å². The average Bonchev–Trinajstić information content (AvgIpc) is 2.98. The molecule has 2 radical (unpaired) electrons. The van der Waals surface area contributed by atoms with Gasteiger partial charge in [-0.2, -0.15) is 4.98 Å². The van der Waals surface area contributed by atoms with E-state index in [1.165, 1.54) is 0 Å². The number of aromatic nitrogens is 4. The van der Waals surface area contributed by atoms with Crippen molar-refractivity contribution in [3.63, 3.8) is 0 Å². The van der Waals surface area contributed by atoms with Crippen LogP contribution < -0.4 is 15.4 Å². The van der Waals surface area contributed by atoms with Gasteiger partial charge in [-0.1, -0.05) is 11.6 Å². The summed E-state index contributed by atoms with van der Waals surface area (Å²) in [6.45, 7) is 7.17. The second-order valence-corrected chi connectivity index (χ2v) is 7.45. The summed E-state index contributed by atoms with van der Waals surface area (Å²) in [4.78, 5) is 8.78. The van der Waals surface area contributed by atoms with Crippen LogP contribution in [0, 0.1) is 12.8 Å².